The normalized spacial score (nSPS) is 53.5. The molecule has 2 aliphatic carbocycles. The molecule has 4 aliphatic rings. The molecule has 0 aromatic rings. The van der Waals surface area contributed by atoms with Crippen LogP contribution in [0.2, 0.25) is 0 Å². The van der Waals surface area contributed by atoms with Gasteiger partial charge in [-0.05, 0) is 76.2 Å². The van der Waals surface area contributed by atoms with Crippen molar-refractivity contribution in [3.05, 3.63) is 23.8 Å². The standard InChI is InChI=1S/C20H30O2/c1-13(2)14-6-9-18(3)12-17-20(5,22-17)11-8-16-19(4,21-16)10-7-15(14)18/h6,15-17H,1,7-12H2,2-5H3/t15-,16-,17-,18+,19-,20-/m1/s1. The van der Waals surface area contributed by atoms with E-state index < -0.39 is 0 Å². The summed E-state index contributed by atoms with van der Waals surface area (Å²) in [7, 11) is 0. The molecule has 2 aliphatic heterocycles. The first kappa shape index (κ1) is 15.0. The minimum absolute atomic E-state index is 0.108. The van der Waals surface area contributed by atoms with Crippen LogP contribution < -0.4 is 0 Å². The summed E-state index contributed by atoms with van der Waals surface area (Å²) in [5.74, 6) is 0.623. The van der Waals surface area contributed by atoms with Gasteiger partial charge in [0, 0.05) is 0 Å². The lowest BCUT2D eigenvalue weighted by Crippen LogP contribution is -2.28. The SMILES string of the molecule is C=C(C)C1=CC[C@@]2(C)C[C@H]3O[C@]3(C)CC[C@H]3O[C@]3(C)CC[C@H]12. The molecule has 3 fully saturated rings. The van der Waals surface area contributed by atoms with Crippen molar-refractivity contribution in [2.45, 2.75) is 89.6 Å². The zero-order valence-electron chi connectivity index (χ0n) is 14.6. The average molecular weight is 302 g/mol. The molecule has 0 aromatic carbocycles. The quantitative estimate of drug-likeness (QED) is 0.650. The van der Waals surface area contributed by atoms with E-state index in [9.17, 15) is 0 Å². The van der Waals surface area contributed by atoms with Crippen LogP contribution >= 0.6 is 0 Å². The van der Waals surface area contributed by atoms with Crippen molar-refractivity contribution in [2.75, 3.05) is 0 Å². The smallest absolute Gasteiger partial charge is 0.0921 e. The maximum Gasteiger partial charge on any atom is 0.0921 e. The zero-order valence-corrected chi connectivity index (χ0v) is 14.6. The highest BCUT2D eigenvalue weighted by atomic mass is 16.6. The highest BCUT2D eigenvalue weighted by molar-refractivity contribution is 5.35. The molecule has 2 heteroatoms. The number of rotatable bonds is 1. The first-order valence-corrected chi connectivity index (χ1v) is 8.97. The number of hydrogen-bond donors (Lipinski definition) is 0. The maximum atomic E-state index is 6.14. The summed E-state index contributed by atoms with van der Waals surface area (Å²) in [6.07, 6.45) is 10.5. The zero-order chi connectivity index (χ0) is 15.8. The third-order valence-corrected chi connectivity index (χ3v) is 7.05. The summed E-state index contributed by atoms with van der Waals surface area (Å²) >= 11 is 0. The Morgan fingerprint density at radius 1 is 1.09 bits per heavy atom. The third kappa shape index (κ3) is 2.22. The molecule has 6 atom stereocenters. The molecule has 0 aromatic heterocycles. The second kappa shape index (κ2) is 4.48. The van der Waals surface area contributed by atoms with Crippen LogP contribution in [-0.2, 0) is 9.47 Å². The molecule has 0 unspecified atom stereocenters. The van der Waals surface area contributed by atoms with E-state index in [0.717, 1.165) is 12.8 Å². The summed E-state index contributed by atoms with van der Waals surface area (Å²) < 4.78 is 12.2. The Kier molecular flexibility index (Phi) is 3.05. The van der Waals surface area contributed by atoms with Crippen molar-refractivity contribution in [1.29, 1.82) is 0 Å². The van der Waals surface area contributed by atoms with Crippen molar-refractivity contribution in [2.24, 2.45) is 11.3 Å². The van der Waals surface area contributed by atoms with Crippen molar-refractivity contribution in [3.63, 3.8) is 0 Å². The molecule has 0 amide bonds. The minimum Gasteiger partial charge on any atom is -0.366 e. The number of ether oxygens (including phenoxy) is 2. The van der Waals surface area contributed by atoms with E-state index in [2.05, 4.69) is 40.3 Å². The van der Waals surface area contributed by atoms with E-state index >= 15 is 0 Å². The second-order valence-electron chi connectivity index (χ2n) is 8.97. The number of fused-ring (bicyclic) bond motifs is 3. The van der Waals surface area contributed by atoms with Gasteiger partial charge >= 0.3 is 0 Å². The van der Waals surface area contributed by atoms with Gasteiger partial charge in [-0.25, -0.2) is 0 Å². The van der Waals surface area contributed by atoms with Crippen LogP contribution in [0.1, 0.15) is 66.2 Å². The van der Waals surface area contributed by atoms with Crippen molar-refractivity contribution in [1.82, 2.24) is 0 Å². The van der Waals surface area contributed by atoms with E-state index in [4.69, 9.17) is 9.47 Å². The monoisotopic (exact) mass is 302 g/mol. The Balaban J connectivity index is 1.62. The first-order valence-electron chi connectivity index (χ1n) is 8.97. The topological polar surface area (TPSA) is 25.1 Å². The van der Waals surface area contributed by atoms with Gasteiger partial charge in [0.25, 0.3) is 0 Å². The average Bonchev–Trinajstić information content (AvgIpc) is 3.22. The van der Waals surface area contributed by atoms with Gasteiger partial charge < -0.3 is 9.47 Å². The molecule has 22 heavy (non-hydrogen) atoms. The Hall–Kier alpha value is -0.600. The minimum atomic E-state index is 0.108. The van der Waals surface area contributed by atoms with E-state index in [0.29, 0.717) is 23.5 Å². The molecule has 1 saturated carbocycles. The Labute approximate surface area is 134 Å². The molecule has 122 valence electrons. The fourth-order valence-corrected chi connectivity index (χ4v) is 5.12. The van der Waals surface area contributed by atoms with Gasteiger partial charge in [0.05, 0.1) is 23.4 Å². The summed E-state index contributed by atoms with van der Waals surface area (Å²) in [5.41, 5.74) is 3.32. The molecule has 2 saturated heterocycles. The maximum absolute atomic E-state index is 6.14. The predicted molar refractivity (Wildman–Crippen MR) is 88.8 cm³/mol. The lowest BCUT2D eigenvalue weighted by molar-refractivity contribution is 0.174. The van der Waals surface area contributed by atoms with Crippen molar-refractivity contribution in [3.8, 4) is 0 Å². The van der Waals surface area contributed by atoms with Crippen LogP contribution in [0.3, 0.4) is 0 Å². The molecule has 2 heterocycles. The molecule has 4 rings (SSSR count). The Bertz CT molecular complexity index is 550. The van der Waals surface area contributed by atoms with E-state index in [1.165, 1.54) is 36.8 Å². The van der Waals surface area contributed by atoms with Gasteiger partial charge in [-0.15, -0.1) is 0 Å². The molecule has 0 radical (unpaired) electrons. The highest BCUT2D eigenvalue weighted by Crippen LogP contribution is 2.58. The fraction of sp³-hybridized carbons (Fsp3) is 0.800. The van der Waals surface area contributed by atoms with Gasteiger partial charge in [-0.3, -0.25) is 0 Å². The number of allylic oxidation sites excluding steroid dienone is 3. The Morgan fingerprint density at radius 2 is 1.73 bits per heavy atom. The van der Waals surface area contributed by atoms with Crippen LogP contribution in [-0.4, -0.2) is 23.4 Å². The van der Waals surface area contributed by atoms with E-state index in [1.807, 2.05) is 0 Å². The van der Waals surface area contributed by atoms with Crippen LogP contribution in [0.15, 0.2) is 23.8 Å². The van der Waals surface area contributed by atoms with Gasteiger partial charge in [0.15, 0.2) is 0 Å². The predicted octanol–water partition coefficient (Wildman–Crippen LogP) is 4.79. The Morgan fingerprint density at radius 3 is 2.45 bits per heavy atom. The fourth-order valence-electron chi connectivity index (χ4n) is 5.12. The molecule has 0 spiro atoms. The summed E-state index contributed by atoms with van der Waals surface area (Å²) in [6.45, 7) is 13.5. The highest BCUT2D eigenvalue weighted by Gasteiger charge is 2.60. The lowest BCUT2D eigenvalue weighted by Gasteiger charge is -2.34. The van der Waals surface area contributed by atoms with Crippen LogP contribution in [0.5, 0.6) is 0 Å². The largest absolute Gasteiger partial charge is 0.366 e. The van der Waals surface area contributed by atoms with E-state index in [-0.39, 0.29) is 11.2 Å². The van der Waals surface area contributed by atoms with Gasteiger partial charge in [0.2, 0.25) is 0 Å². The lowest BCUT2D eigenvalue weighted by atomic mass is 9.69. The van der Waals surface area contributed by atoms with Crippen LogP contribution in [0.25, 0.3) is 0 Å². The van der Waals surface area contributed by atoms with E-state index in [1.54, 1.807) is 0 Å². The van der Waals surface area contributed by atoms with Gasteiger partial charge in [0.1, 0.15) is 0 Å². The summed E-state index contributed by atoms with van der Waals surface area (Å²) in [5, 5.41) is 0. The molecular weight excluding hydrogens is 272 g/mol. The van der Waals surface area contributed by atoms with Crippen LogP contribution in [0.4, 0.5) is 0 Å². The third-order valence-electron chi connectivity index (χ3n) is 7.05. The van der Waals surface area contributed by atoms with Crippen molar-refractivity contribution < 1.29 is 9.47 Å². The molecular formula is C20H30O2. The van der Waals surface area contributed by atoms with Gasteiger partial charge in [-0.2, -0.15) is 0 Å². The first-order chi connectivity index (χ1) is 10.3. The summed E-state index contributed by atoms with van der Waals surface area (Å²) in [6, 6.07) is 0. The number of epoxide rings is 2. The summed E-state index contributed by atoms with van der Waals surface area (Å²) in [4.78, 5) is 0. The molecule has 0 bridgehead atoms. The molecule has 0 N–H and O–H groups in total. The molecule has 2 nitrogen and oxygen atoms in total. The second-order valence-corrected chi connectivity index (χ2v) is 8.97. The van der Waals surface area contributed by atoms with Crippen molar-refractivity contribution >= 4 is 0 Å². The van der Waals surface area contributed by atoms with Crippen LogP contribution in [0, 0.1) is 11.3 Å². The van der Waals surface area contributed by atoms with Gasteiger partial charge in [-0.1, -0.05) is 25.2 Å². The number of hydrogen-bond acceptors (Lipinski definition) is 2.